The van der Waals surface area contributed by atoms with E-state index in [1.807, 2.05) is 0 Å². The van der Waals surface area contributed by atoms with Crippen molar-refractivity contribution in [2.45, 2.75) is 6.54 Å². The van der Waals surface area contributed by atoms with Gasteiger partial charge in [0.1, 0.15) is 34.6 Å². The van der Waals surface area contributed by atoms with Crippen LogP contribution in [0.1, 0.15) is 5.56 Å². The monoisotopic (exact) mass is 571 g/mol. The fraction of sp³-hybridized carbons (Fsp3) is 0.0714. The van der Waals surface area contributed by atoms with Gasteiger partial charge in [0, 0.05) is 6.54 Å². The molecule has 0 spiro atoms. The molecular formula is C14H12F4FmN3O-. The van der Waals surface area contributed by atoms with Crippen LogP contribution in [-0.4, -0.2) is 6.41 Å². The van der Waals surface area contributed by atoms with E-state index in [4.69, 9.17) is 11.5 Å². The standard InChI is InChI=1S/C8H7F2N2O.C6H5F2N.Fm/c9-6-1-5(3-12-4-13)2-7(10)8(6)11;7-4-2-1-3-5(8)6(4)9;/h1-2H,3,11H2,(H,12,13);1-3H,9H2;/q-1;;. The number of anilines is 2. The van der Waals surface area contributed by atoms with E-state index in [-0.39, 0.29) is 6.54 Å². The summed E-state index contributed by atoms with van der Waals surface area (Å²) >= 11 is 0. The van der Waals surface area contributed by atoms with Crippen LogP contribution >= 0.6 is 0 Å². The van der Waals surface area contributed by atoms with E-state index in [1.54, 1.807) is 0 Å². The van der Waals surface area contributed by atoms with Crippen LogP contribution in [0.5, 0.6) is 0 Å². The number of amides is 1. The molecule has 0 heterocycles. The summed E-state index contributed by atoms with van der Waals surface area (Å²) in [6.45, 7) is 0.0254. The second kappa shape index (κ2) is 8.50. The minimum atomic E-state index is -0.831. The molecular weight excluding hydrogens is 559 g/mol. The zero-order chi connectivity index (χ0) is 16.7. The van der Waals surface area contributed by atoms with Crippen molar-refractivity contribution < 1.29 is 22.4 Å². The van der Waals surface area contributed by atoms with Crippen LogP contribution in [0.15, 0.2) is 30.3 Å². The predicted molar refractivity (Wildman–Crippen MR) is 74.1 cm³/mol. The summed E-state index contributed by atoms with van der Waals surface area (Å²) < 4.78 is 50.0. The van der Waals surface area contributed by atoms with Crippen molar-refractivity contribution in [1.82, 2.24) is 5.32 Å². The molecule has 2 rings (SSSR count). The largest absolute Gasteiger partial charge is 0.526 e. The van der Waals surface area contributed by atoms with E-state index in [0.29, 0.717) is 5.56 Å². The Balaban J connectivity index is 0.000000427. The molecule has 0 saturated heterocycles. The summed E-state index contributed by atoms with van der Waals surface area (Å²) in [5.74, 6) is -3.09. The maximum atomic E-state index is 12.8. The number of nitrogens with one attached hydrogen (secondary N) is 1. The van der Waals surface area contributed by atoms with Gasteiger partial charge in [-0.15, -0.1) is 0 Å². The van der Waals surface area contributed by atoms with E-state index in [9.17, 15) is 22.4 Å². The molecule has 0 aromatic heterocycles. The average molecular weight is 571 g/mol. The van der Waals surface area contributed by atoms with Gasteiger partial charge in [-0.25, -0.2) is 17.6 Å². The summed E-state index contributed by atoms with van der Waals surface area (Å²) in [4.78, 5) is 9.77. The van der Waals surface area contributed by atoms with Crippen LogP contribution in [0, 0.1) is 23.3 Å². The van der Waals surface area contributed by atoms with Gasteiger partial charge in [-0.1, -0.05) is 6.07 Å². The molecule has 0 saturated carbocycles. The number of hydrogen-bond donors (Lipinski definition) is 3. The Morgan fingerprint density at radius 3 is 1.74 bits per heavy atom. The number of nitrogen functional groups attached to an aromatic ring is 2. The van der Waals surface area contributed by atoms with Crippen LogP contribution < -0.4 is 16.8 Å². The first kappa shape index (κ1) is 19.2. The van der Waals surface area contributed by atoms with Gasteiger partial charge in [-0.2, -0.15) is 6.41 Å². The predicted octanol–water partition coefficient (Wildman–Crippen LogP) is 2.25. The second-order valence-electron chi connectivity index (χ2n) is 4.06. The summed E-state index contributed by atoms with van der Waals surface area (Å²) in [5, 5.41) is 2.16. The van der Waals surface area contributed by atoms with Crippen molar-refractivity contribution in [3.8, 4) is 0 Å². The Morgan fingerprint density at radius 2 is 1.35 bits per heavy atom. The van der Waals surface area contributed by atoms with Crippen molar-refractivity contribution in [1.29, 1.82) is 0 Å². The van der Waals surface area contributed by atoms with E-state index < -0.39 is 34.6 Å². The molecule has 0 radical (unpaired) electrons. The van der Waals surface area contributed by atoms with Gasteiger partial charge in [0.05, 0.1) is 0 Å². The Bertz CT molecular complexity index is 627. The molecule has 4 nitrogen and oxygen atoms in total. The third-order valence-corrected chi connectivity index (χ3v) is 2.50. The number of carbonyl (C=O) groups excluding carboxylic acids is 1. The quantitative estimate of drug-likeness (QED) is 0.229. The van der Waals surface area contributed by atoms with Crippen LogP contribution in [0.2, 0.25) is 0 Å². The van der Waals surface area contributed by atoms with Gasteiger partial charge < -0.3 is 21.6 Å². The summed E-state index contributed by atoms with van der Waals surface area (Å²) in [7, 11) is 0. The topological polar surface area (TPSA) is 81.1 Å². The second-order valence-corrected chi connectivity index (χ2v) is 4.06. The number of rotatable bonds is 3. The molecule has 23 heavy (non-hydrogen) atoms. The SMILES string of the molecule is Nc1c(F)cc(CN[C-]=O)cc1F.Nc1c(F)cccc1F.[Fm]. The van der Waals surface area contributed by atoms with Crippen LogP contribution in [0.3, 0.4) is 0 Å². The Kier molecular flexibility index (Phi) is 7.11. The number of hydrogen-bond acceptors (Lipinski definition) is 3. The first-order chi connectivity index (χ1) is 10.4. The van der Waals surface area contributed by atoms with E-state index in [0.717, 1.165) is 24.3 Å². The number of para-hydroxylation sites is 1. The fourth-order valence-electron chi connectivity index (χ4n) is 1.39. The normalized spacial score (nSPS) is 9.22. The van der Waals surface area contributed by atoms with E-state index >= 15 is 0 Å². The van der Waals surface area contributed by atoms with E-state index in [2.05, 4.69) is 5.32 Å². The molecule has 2 aromatic rings. The molecule has 0 aliphatic heterocycles. The number of halogens is 4. The molecule has 0 fully saturated rings. The molecule has 0 atom stereocenters. The number of benzene rings is 2. The van der Waals surface area contributed by atoms with E-state index in [1.165, 1.54) is 12.5 Å². The van der Waals surface area contributed by atoms with Crippen molar-refractivity contribution in [3.05, 3.63) is 59.2 Å². The maximum absolute atomic E-state index is 12.8. The number of nitrogens with two attached hydrogens (primary N) is 2. The molecule has 0 aliphatic rings. The minimum Gasteiger partial charge on any atom is -0.526 e. The molecule has 130 valence electrons. The molecule has 0 unspecified atom stereocenters. The molecule has 1 amide bonds. The Labute approximate surface area is 123 Å². The van der Waals surface area contributed by atoms with Crippen molar-refractivity contribution in [2.75, 3.05) is 11.5 Å². The van der Waals surface area contributed by atoms with Crippen LogP contribution in [-0.2, 0) is 11.3 Å². The molecule has 9 heteroatoms. The molecule has 5 N–H and O–H groups in total. The average Bonchev–Trinajstić information content (AvgIpc) is 2.48. The van der Waals surface area contributed by atoms with Crippen molar-refractivity contribution >= 4 is 17.8 Å². The molecule has 2 aromatic carbocycles. The first-order valence-corrected chi connectivity index (χ1v) is 5.89. The van der Waals surface area contributed by atoms with Gasteiger partial charge in [-0.3, -0.25) is 0 Å². The van der Waals surface area contributed by atoms with Gasteiger partial charge in [0.2, 0.25) is 0 Å². The first-order valence-electron chi connectivity index (χ1n) is 5.89. The zero-order valence-corrected chi connectivity index (χ0v) is 13.9. The fourth-order valence-corrected chi connectivity index (χ4v) is 1.39. The molecule has 0 bridgehead atoms. The van der Waals surface area contributed by atoms with Gasteiger partial charge in [0.15, 0.2) is 0 Å². The Morgan fingerprint density at radius 1 is 0.913 bits per heavy atom. The van der Waals surface area contributed by atoms with Gasteiger partial charge in [-0.05, 0) is 29.8 Å². The smallest absolute Gasteiger partial charge is 0.149 e. The van der Waals surface area contributed by atoms with Crippen molar-refractivity contribution in [2.24, 2.45) is 0 Å². The third kappa shape index (κ3) is 5.25. The third-order valence-electron chi connectivity index (χ3n) is 2.50. The summed E-state index contributed by atoms with van der Waals surface area (Å²) in [5.41, 5.74) is 9.33. The zero-order valence-electron chi connectivity index (χ0n) is 11.5. The Hall–Kier alpha value is -3.77. The van der Waals surface area contributed by atoms with Crippen LogP contribution in [0.4, 0.5) is 28.9 Å². The molecule has 0 aliphatic carbocycles. The summed E-state index contributed by atoms with van der Waals surface area (Å²) in [6.07, 6.45) is 1.39. The minimum absolute atomic E-state index is 0. The van der Waals surface area contributed by atoms with Crippen LogP contribution in [0.25, 0.3) is 0 Å². The summed E-state index contributed by atoms with van der Waals surface area (Å²) in [6, 6.07) is 5.60. The van der Waals surface area contributed by atoms with Gasteiger partial charge >= 0.3 is 0 Å². The van der Waals surface area contributed by atoms with Crippen molar-refractivity contribution in [3.63, 3.8) is 0 Å². The maximum Gasteiger partial charge on any atom is 0.149 e. The van der Waals surface area contributed by atoms with Gasteiger partial charge in [0.25, 0.3) is 0 Å².